The molecule has 0 saturated heterocycles. The second-order valence-electron chi connectivity index (χ2n) is 2.85. The Morgan fingerprint density at radius 1 is 0.929 bits per heavy atom. The van der Waals surface area contributed by atoms with Crippen LogP contribution < -0.4 is 0 Å². The van der Waals surface area contributed by atoms with E-state index in [1.807, 2.05) is 0 Å². The first-order valence-corrected chi connectivity index (χ1v) is 3.92. The summed E-state index contributed by atoms with van der Waals surface area (Å²) in [5.41, 5.74) is 0. The van der Waals surface area contributed by atoms with E-state index in [1.54, 1.807) is 0 Å². The summed E-state index contributed by atoms with van der Waals surface area (Å²) in [6.07, 6.45) is -9.21. The minimum atomic E-state index is -1.92. The molecule has 0 rings (SSSR count). The van der Waals surface area contributed by atoms with Crippen LogP contribution in [0.2, 0.25) is 0 Å². The predicted molar refractivity (Wildman–Crippen MR) is 43.2 cm³/mol. The van der Waals surface area contributed by atoms with E-state index in [4.69, 9.17) is 30.6 Å². The lowest BCUT2D eigenvalue weighted by Gasteiger charge is -2.26. The van der Waals surface area contributed by atoms with Crippen LogP contribution in [0.4, 0.5) is 0 Å². The van der Waals surface area contributed by atoms with Gasteiger partial charge in [0.1, 0.15) is 30.5 Å². The first kappa shape index (κ1) is 13.4. The molecule has 14 heavy (non-hydrogen) atoms. The summed E-state index contributed by atoms with van der Waals surface area (Å²) in [6, 6.07) is 0. The minimum absolute atomic E-state index is 0.0219. The summed E-state index contributed by atoms with van der Waals surface area (Å²) in [5.74, 6) is 0. The Bertz CT molecular complexity index is 173. The number of rotatable bonds is 6. The van der Waals surface area contributed by atoms with Crippen molar-refractivity contribution in [2.24, 2.45) is 0 Å². The van der Waals surface area contributed by atoms with Crippen molar-refractivity contribution in [1.29, 1.82) is 0 Å². The molecule has 0 aliphatic carbocycles. The van der Waals surface area contributed by atoms with Crippen LogP contribution >= 0.6 is 0 Å². The van der Waals surface area contributed by atoms with Crippen LogP contribution in [-0.2, 0) is 4.79 Å². The van der Waals surface area contributed by atoms with Gasteiger partial charge in [0.05, 0.1) is 6.61 Å². The maximum atomic E-state index is 10.00. The van der Waals surface area contributed by atoms with Gasteiger partial charge in [0.25, 0.3) is 0 Å². The highest BCUT2D eigenvalue weighted by molar-refractivity contribution is 5.56. The quantitative estimate of drug-likeness (QED) is 0.245. The average Bonchev–Trinajstić information content (AvgIpc) is 2.23. The number of aldehydes is 1. The van der Waals surface area contributed by atoms with E-state index in [2.05, 4.69) is 0 Å². The topological polar surface area (TPSA) is 138 Å². The first-order chi connectivity index (χ1) is 6.45. The molecule has 84 valence electrons. The van der Waals surface area contributed by atoms with Crippen LogP contribution in [0.3, 0.4) is 0 Å². The van der Waals surface area contributed by atoms with Crippen LogP contribution in [0.1, 0.15) is 0 Å². The fraction of sp³-hybridized carbons (Fsp3) is 0.857. The molecule has 0 aromatic rings. The van der Waals surface area contributed by atoms with Crippen molar-refractivity contribution in [3.05, 3.63) is 0 Å². The molecule has 0 unspecified atom stereocenters. The molecule has 0 aliphatic heterocycles. The Balaban J connectivity index is 4.29. The molecule has 0 amide bonds. The number of hydrogen-bond acceptors (Lipinski definition) is 7. The van der Waals surface area contributed by atoms with Gasteiger partial charge in [-0.25, -0.2) is 0 Å². The van der Waals surface area contributed by atoms with E-state index < -0.39 is 37.1 Å². The number of hydrogen-bond donors (Lipinski definition) is 6. The van der Waals surface area contributed by atoms with E-state index in [0.717, 1.165) is 0 Å². The predicted octanol–water partition coefficient (Wildman–Crippen LogP) is -4.02. The lowest BCUT2D eigenvalue weighted by atomic mass is 10.0. The largest absolute Gasteiger partial charge is 0.394 e. The van der Waals surface area contributed by atoms with Gasteiger partial charge in [-0.1, -0.05) is 0 Å². The van der Waals surface area contributed by atoms with Gasteiger partial charge in [-0.15, -0.1) is 0 Å². The van der Waals surface area contributed by atoms with Gasteiger partial charge < -0.3 is 35.4 Å². The summed E-state index contributed by atoms with van der Waals surface area (Å²) >= 11 is 0. The zero-order valence-electron chi connectivity index (χ0n) is 7.26. The fourth-order valence-electron chi connectivity index (χ4n) is 0.820. The van der Waals surface area contributed by atoms with Crippen LogP contribution in [-0.4, -0.2) is 74.1 Å². The second kappa shape index (κ2) is 6.02. The lowest BCUT2D eigenvalue weighted by molar-refractivity contribution is -0.147. The SMILES string of the molecule is O=C[C@@H](O)[C@H](O)[C@H](O)[C@H](O)[C@@H](O)CO. The Hall–Kier alpha value is -0.570. The van der Waals surface area contributed by atoms with Crippen LogP contribution in [0.15, 0.2) is 0 Å². The highest BCUT2D eigenvalue weighted by Crippen LogP contribution is 2.07. The highest BCUT2D eigenvalue weighted by atomic mass is 16.4. The van der Waals surface area contributed by atoms with Crippen molar-refractivity contribution in [1.82, 2.24) is 0 Å². The van der Waals surface area contributed by atoms with Gasteiger partial charge in [0.2, 0.25) is 0 Å². The maximum Gasteiger partial charge on any atom is 0.151 e. The van der Waals surface area contributed by atoms with Gasteiger partial charge in [-0.3, -0.25) is 0 Å². The number of aliphatic hydroxyl groups excluding tert-OH is 6. The minimum Gasteiger partial charge on any atom is -0.394 e. The van der Waals surface area contributed by atoms with Crippen LogP contribution in [0.5, 0.6) is 0 Å². The highest BCUT2D eigenvalue weighted by Gasteiger charge is 2.33. The Kier molecular flexibility index (Phi) is 5.77. The monoisotopic (exact) mass is 210 g/mol. The van der Waals surface area contributed by atoms with Gasteiger partial charge in [0, 0.05) is 0 Å². The molecule has 0 aromatic heterocycles. The molecule has 0 radical (unpaired) electrons. The molecule has 7 heteroatoms. The van der Waals surface area contributed by atoms with Gasteiger partial charge >= 0.3 is 0 Å². The van der Waals surface area contributed by atoms with Crippen molar-refractivity contribution >= 4 is 6.29 Å². The van der Waals surface area contributed by atoms with Crippen molar-refractivity contribution in [2.45, 2.75) is 30.5 Å². The second-order valence-corrected chi connectivity index (χ2v) is 2.85. The molecular weight excluding hydrogens is 196 g/mol. The third-order valence-corrected chi connectivity index (χ3v) is 1.77. The smallest absolute Gasteiger partial charge is 0.151 e. The van der Waals surface area contributed by atoms with Crippen molar-refractivity contribution < 1.29 is 35.4 Å². The molecule has 0 aromatic carbocycles. The van der Waals surface area contributed by atoms with E-state index in [-0.39, 0.29) is 6.29 Å². The lowest BCUT2D eigenvalue weighted by Crippen LogP contribution is -2.50. The molecule has 5 atom stereocenters. The number of carbonyl (C=O) groups is 1. The maximum absolute atomic E-state index is 10.00. The summed E-state index contributed by atoms with van der Waals surface area (Å²) in [5, 5.41) is 53.2. The molecule has 6 N–H and O–H groups in total. The number of aliphatic hydroxyl groups is 6. The summed E-state index contributed by atoms with van der Waals surface area (Å²) in [4.78, 5) is 10.00. The van der Waals surface area contributed by atoms with E-state index >= 15 is 0 Å². The van der Waals surface area contributed by atoms with Gasteiger partial charge in [0.15, 0.2) is 6.29 Å². The molecule has 0 spiro atoms. The summed E-state index contributed by atoms with van der Waals surface area (Å²) < 4.78 is 0. The molecule has 0 saturated carbocycles. The standard InChI is InChI=1S/C7H14O7/c8-1-3(10)5(12)7(14)6(13)4(11)2-9/h1,3-7,9-14H,2H2/t3-,4+,5+,6-,7+/m1/s1. The molecule has 0 bridgehead atoms. The summed E-state index contributed by atoms with van der Waals surface area (Å²) in [7, 11) is 0. The average molecular weight is 210 g/mol. The zero-order valence-corrected chi connectivity index (χ0v) is 7.26. The van der Waals surface area contributed by atoms with E-state index in [1.165, 1.54) is 0 Å². The fourth-order valence-corrected chi connectivity index (χ4v) is 0.820. The molecule has 0 heterocycles. The number of carbonyl (C=O) groups excluding carboxylic acids is 1. The van der Waals surface area contributed by atoms with Crippen molar-refractivity contribution in [2.75, 3.05) is 6.61 Å². The Morgan fingerprint density at radius 2 is 1.43 bits per heavy atom. The van der Waals surface area contributed by atoms with Crippen molar-refractivity contribution in [3.8, 4) is 0 Å². The van der Waals surface area contributed by atoms with Gasteiger partial charge in [-0.2, -0.15) is 0 Å². The molecule has 0 aliphatic rings. The molecule has 7 nitrogen and oxygen atoms in total. The van der Waals surface area contributed by atoms with E-state index in [9.17, 15) is 4.79 Å². The molecular formula is C7H14O7. The van der Waals surface area contributed by atoms with E-state index in [0.29, 0.717) is 0 Å². The Morgan fingerprint density at radius 3 is 1.79 bits per heavy atom. The first-order valence-electron chi connectivity index (χ1n) is 3.92. The molecule has 0 fully saturated rings. The Labute approximate surface area is 79.9 Å². The zero-order chi connectivity index (χ0) is 11.3. The van der Waals surface area contributed by atoms with Crippen molar-refractivity contribution in [3.63, 3.8) is 0 Å². The van der Waals surface area contributed by atoms with Crippen LogP contribution in [0, 0.1) is 0 Å². The van der Waals surface area contributed by atoms with Gasteiger partial charge in [-0.05, 0) is 0 Å². The third-order valence-electron chi connectivity index (χ3n) is 1.77. The normalized spacial score (nSPS) is 22.1. The third kappa shape index (κ3) is 3.29. The van der Waals surface area contributed by atoms with Crippen LogP contribution in [0.25, 0.3) is 0 Å². The summed E-state index contributed by atoms with van der Waals surface area (Å²) in [6.45, 7) is -0.817.